The smallest absolute Gasteiger partial charge is 0.248 e. The minimum Gasteiger partial charge on any atom is -0.492 e. The first kappa shape index (κ1) is 15.9. The molecule has 0 unspecified atom stereocenters. The van der Waals surface area contributed by atoms with E-state index in [1.54, 1.807) is 30.9 Å². The van der Waals surface area contributed by atoms with Crippen LogP contribution in [0.5, 0.6) is 5.75 Å². The molecule has 0 atom stereocenters. The van der Waals surface area contributed by atoms with Gasteiger partial charge in [0.15, 0.2) is 0 Å². The maximum atomic E-state index is 11.9. The van der Waals surface area contributed by atoms with Crippen LogP contribution in [0, 0.1) is 0 Å². The van der Waals surface area contributed by atoms with E-state index in [0.29, 0.717) is 24.6 Å². The molecule has 2 aromatic heterocycles. The Labute approximate surface area is 143 Å². The number of hydrogen-bond acceptors (Lipinski definition) is 5. The van der Waals surface area contributed by atoms with Crippen LogP contribution in [-0.2, 0) is 11.3 Å². The maximum Gasteiger partial charge on any atom is 0.248 e. The third-order valence-corrected chi connectivity index (χ3v) is 3.85. The van der Waals surface area contributed by atoms with Gasteiger partial charge in [0.05, 0.1) is 12.9 Å². The van der Waals surface area contributed by atoms with E-state index in [0.717, 1.165) is 5.01 Å². The monoisotopic (exact) mass is 340 g/mol. The largest absolute Gasteiger partial charge is 0.492 e. The lowest BCUT2D eigenvalue weighted by Gasteiger charge is -2.08. The van der Waals surface area contributed by atoms with Crippen LogP contribution < -0.4 is 10.1 Å². The maximum absolute atomic E-state index is 11.9. The predicted octanol–water partition coefficient (Wildman–Crippen LogP) is 3.07. The van der Waals surface area contributed by atoms with Crippen LogP contribution >= 0.6 is 11.3 Å². The number of aromatic nitrogens is 3. The van der Waals surface area contributed by atoms with Crippen LogP contribution in [0.15, 0.2) is 60.6 Å². The van der Waals surface area contributed by atoms with E-state index in [2.05, 4.69) is 15.3 Å². The number of amides is 1. The minimum atomic E-state index is -0.208. The molecule has 1 aromatic carbocycles. The van der Waals surface area contributed by atoms with Gasteiger partial charge in [0.25, 0.3) is 0 Å². The molecule has 6 nitrogen and oxygen atoms in total. The number of nitrogens with zero attached hydrogens (tertiary/aromatic N) is 3. The van der Waals surface area contributed by atoms with Crippen molar-refractivity contribution in [2.24, 2.45) is 0 Å². The van der Waals surface area contributed by atoms with Gasteiger partial charge in [-0.2, -0.15) is 0 Å². The highest BCUT2D eigenvalue weighted by molar-refractivity contribution is 7.10. The third-order valence-electron chi connectivity index (χ3n) is 3.11. The summed E-state index contributed by atoms with van der Waals surface area (Å²) in [5.74, 6) is 0.498. The lowest BCUT2D eigenvalue weighted by Crippen LogP contribution is -2.09. The molecule has 0 aliphatic heterocycles. The van der Waals surface area contributed by atoms with Crippen molar-refractivity contribution in [2.75, 3.05) is 11.9 Å². The van der Waals surface area contributed by atoms with Crippen LogP contribution in [-0.4, -0.2) is 27.0 Å². The zero-order valence-corrected chi connectivity index (χ0v) is 13.6. The molecule has 0 radical (unpaired) electrons. The fourth-order valence-corrected chi connectivity index (χ4v) is 2.53. The molecule has 2 heterocycles. The van der Waals surface area contributed by atoms with Gasteiger partial charge >= 0.3 is 0 Å². The standard InChI is InChI=1S/C17H16N4O2S/c22-16(4-5-17-19-7-11-24-17)20-14-2-1-3-15(12-14)23-10-9-21-8-6-18-13-21/h1-8,11-13H,9-10H2,(H,20,22)/b5-4+. The normalized spacial score (nSPS) is 10.8. The first-order chi connectivity index (χ1) is 11.8. The third kappa shape index (κ3) is 4.79. The summed E-state index contributed by atoms with van der Waals surface area (Å²) >= 11 is 1.48. The fourth-order valence-electron chi connectivity index (χ4n) is 2.00. The summed E-state index contributed by atoms with van der Waals surface area (Å²) in [5.41, 5.74) is 0.684. The quantitative estimate of drug-likeness (QED) is 0.671. The number of imidazole rings is 1. The molecule has 3 aromatic rings. The summed E-state index contributed by atoms with van der Waals surface area (Å²) < 4.78 is 7.63. The molecule has 3 rings (SSSR count). The molecular formula is C17H16N4O2S. The van der Waals surface area contributed by atoms with Gasteiger partial charge in [0.1, 0.15) is 17.4 Å². The number of carbonyl (C=O) groups is 1. The molecule has 122 valence electrons. The van der Waals surface area contributed by atoms with Crippen LogP contribution in [0.3, 0.4) is 0 Å². The second kappa shape index (κ2) is 8.07. The Hall–Kier alpha value is -2.93. The molecule has 1 N–H and O–H groups in total. The Morgan fingerprint density at radius 1 is 1.38 bits per heavy atom. The number of ether oxygens (including phenoxy) is 1. The van der Waals surface area contributed by atoms with Crippen molar-refractivity contribution in [3.63, 3.8) is 0 Å². The van der Waals surface area contributed by atoms with Crippen LogP contribution in [0.4, 0.5) is 5.69 Å². The average Bonchev–Trinajstić information content (AvgIpc) is 3.27. The lowest BCUT2D eigenvalue weighted by molar-refractivity contribution is -0.111. The topological polar surface area (TPSA) is 69.0 Å². The van der Waals surface area contributed by atoms with E-state index < -0.39 is 0 Å². The highest BCUT2D eigenvalue weighted by Crippen LogP contribution is 2.17. The Morgan fingerprint density at radius 3 is 3.12 bits per heavy atom. The van der Waals surface area contributed by atoms with Crippen LogP contribution in [0.25, 0.3) is 6.08 Å². The Bertz CT molecular complexity index is 798. The van der Waals surface area contributed by atoms with E-state index in [1.165, 1.54) is 17.4 Å². The zero-order valence-electron chi connectivity index (χ0n) is 12.8. The Balaban J connectivity index is 1.51. The van der Waals surface area contributed by atoms with Crippen molar-refractivity contribution < 1.29 is 9.53 Å². The Kier molecular flexibility index (Phi) is 5.36. The first-order valence-corrected chi connectivity index (χ1v) is 8.25. The lowest BCUT2D eigenvalue weighted by atomic mass is 10.3. The SMILES string of the molecule is O=C(/C=C/c1nccs1)Nc1cccc(OCCn2ccnc2)c1. The molecule has 7 heteroatoms. The van der Waals surface area contributed by atoms with Gasteiger partial charge in [-0.15, -0.1) is 11.3 Å². The van der Waals surface area contributed by atoms with Crippen LogP contribution in [0.2, 0.25) is 0 Å². The number of carbonyl (C=O) groups excluding carboxylic acids is 1. The Morgan fingerprint density at radius 2 is 2.33 bits per heavy atom. The van der Waals surface area contributed by atoms with Crippen LogP contribution in [0.1, 0.15) is 5.01 Å². The molecule has 0 saturated heterocycles. The number of rotatable bonds is 7. The zero-order chi connectivity index (χ0) is 16.6. The number of anilines is 1. The number of nitrogens with one attached hydrogen (secondary N) is 1. The predicted molar refractivity (Wildman–Crippen MR) is 93.9 cm³/mol. The van der Waals surface area contributed by atoms with E-state index in [1.807, 2.05) is 34.3 Å². The summed E-state index contributed by atoms with van der Waals surface area (Å²) in [5, 5.41) is 5.46. The van der Waals surface area contributed by atoms with Crippen molar-refractivity contribution >= 4 is 29.0 Å². The van der Waals surface area contributed by atoms with Crippen molar-refractivity contribution in [1.29, 1.82) is 0 Å². The highest BCUT2D eigenvalue weighted by Gasteiger charge is 2.01. The van der Waals surface area contributed by atoms with E-state index in [9.17, 15) is 4.79 Å². The van der Waals surface area contributed by atoms with E-state index in [-0.39, 0.29) is 5.91 Å². The van der Waals surface area contributed by atoms with Gasteiger partial charge in [-0.1, -0.05) is 6.07 Å². The second-order valence-corrected chi connectivity index (χ2v) is 5.80. The van der Waals surface area contributed by atoms with Crippen molar-refractivity contribution in [1.82, 2.24) is 14.5 Å². The average molecular weight is 340 g/mol. The summed E-state index contributed by atoms with van der Waals surface area (Å²) in [6, 6.07) is 7.31. The van der Waals surface area contributed by atoms with Gasteiger partial charge < -0.3 is 14.6 Å². The number of hydrogen-bond donors (Lipinski definition) is 1. The van der Waals surface area contributed by atoms with Gasteiger partial charge in [0, 0.05) is 41.8 Å². The second-order valence-electron chi connectivity index (χ2n) is 4.87. The number of benzene rings is 1. The summed E-state index contributed by atoms with van der Waals surface area (Å²) in [6.45, 7) is 1.24. The van der Waals surface area contributed by atoms with Gasteiger partial charge in [0.2, 0.25) is 5.91 Å². The summed E-state index contributed by atoms with van der Waals surface area (Å²) in [4.78, 5) is 20.0. The fraction of sp³-hybridized carbons (Fsp3) is 0.118. The van der Waals surface area contributed by atoms with E-state index in [4.69, 9.17) is 4.74 Å². The summed E-state index contributed by atoms with van der Waals surface area (Å²) in [7, 11) is 0. The molecule has 1 amide bonds. The highest BCUT2D eigenvalue weighted by atomic mass is 32.1. The molecular weight excluding hydrogens is 324 g/mol. The minimum absolute atomic E-state index is 0.208. The number of thiazole rings is 1. The molecule has 24 heavy (non-hydrogen) atoms. The van der Waals surface area contributed by atoms with Crippen molar-refractivity contribution in [2.45, 2.75) is 6.54 Å². The van der Waals surface area contributed by atoms with Crippen molar-refractivity contribution in [3.8, 4) is 5.75 Å². The first-order valence-electron chi connectivity index (χ1n) is 7.37. The molecule has 0 spiro atoms. The van der Waals surface area contributed by atoms with Crippen molar-refractivity contribution in [3.05, 3.63) is 65.6 Å². The molecule has 0 saturated carbocycles. The molecule has 0 aliphatic rings. The molecule has 0 bridgehead atoms. The molecule has 0 fully saturated rings. The van der Waals surface area contributed by atoms with Gasteiger partial charge in [-0.3, -0.25) is 4.79 Å². The molecule has 0 aliphatic carbocycles. The van der Waals surface area contributed by atoms with Gasteiger partial charge in [-0.25, -0.2) is 9.97 Å². The summed E-state index contributed by atoms with van der Waals surface area (Å²) in [6.07, 6.45) is 10.2. The van der Waals surface area contributed by atoms with Gasteiger partial charge in [-0.05, 0) is 18.2 Å². The van der Waals surface area contributed by atoms with E-state index >= 15 is 0 Å².